The number of carbonyl (C=O) groups excluding carboxylic acids is 2. The van der Waals surface area contributed by atoms with Crippen molar-refractivity contribution in [3.05, 3.63) is 63.4 Å². The normalized spacial score (nSPS) is 21.1. The molecule has 1 spiro atoms. The van der Waals surface area contributed by atoms with Crippen molar-refractivity contribution in [3.63, 3.8) is 0 Å². The van der Waals surface area contributed by atoms with Gasteiger partial charge < -0.3 is 19.7 Å². The van der Waals surface area contributed by atoms with Crippen molar-refractivity contribution in [2.45, 2.75) is 37.0 Å². The number of benzene rings is 2. The minimum atomic E-state index is -5.16. The fourth-order valence-corrected chi connectivity index (χ4v) is 6.34. The molecule has 12 heteroatoms. The average Bonchev–Trinajstić information content (AvgIpc) is 2.85. The van der Waals surface area contributed by atoms with Crippen LogP contribution in [0.2, 0.25) is 10.0 Å². The molecule has 2 saturated heterocycles. The number of halogens is 6. The van der Waals surface area contributed by atoms with Crippen LogP contribution in [0.4, 0.5) is 17.6 Å². The van der Waals surface area contributed by atoms with E-state index in [0.29, 0.717) is 6.54 Å². The van der Waals surface area contributed by atoms with Crippen LogP contribution < -0.4 is 10.1 Å². The maximum absolute atomic E-state index is 14.7. The molecule has 2 atom stereocenters. The van der Waals surface area contributed by atoms with Crippen molar-refractivity contribution in [1.82, 2.24) is 10.2 Å². The number of nitrogens with zero attached hydrogens (tertiary/aromatic N) is 1. The number of likely N-dealkylation sites (tertiary alicyclic amines) is 1. The van der Waals surface area contributed by atoms with Gasteiger partial charge in [0.15, 0.2) is 5.75 Å². The first kappa shape index (κ1) is 28.4. The van der Waals surface area contributed by atoms with Gasteiger partial charge in [-0.15, -0.1) is 0 Å². The molecule has 206 valence electrons. The van der Waals surface area contributed by atoms with E-state index in [1.54, 1.807) is 12.1 Å². The summed E-state index contributed by atoms with van der Waals surface area (Å²) in [7, 11) is 2.07. The summed E-state index contributed by atoms with van der Waals surface area (Å²) < 4.78 is 67.5. The van der Waals surface area contributed by atoms with E-state index in [-0.39, 0.29) is 60.0 Å². The van der Waals surface area contributed by atoms with Crippen LogP contribution in [0.3, 0.4) is 0 Å². The van der Waals surface area contributed by atoms with Crippen molar-refractivity contribution in [2.75, 3.05) is 33.9 Å². The summed E-state index contributed by atoms with van der Waals surface area (Å²) >= 11 is 12.2. The quantitative estimate of drug-likeness (QED) is 0.480. The molecule has 2 fully saturated rings. The molecule has 0 saturated carbocycles. The van der Waals surface area contributed by atoms with Crippen LogP contribution in [0.15, 0.2) is 36.4 Å². The molecule has 2 aromatic carbocycles. The molecule has 1 N–H and O–H groups in total. The topological polar surface area (TPSA) is 67.9 Å². The van der Waals surface area contributed by atoms with Crippen LogP contribution >= 0.6 is 23.2 Å². The van der Waals surface area contributed by atoms with Crippen molar-refractivity contribution in [3.8, 4) is 5.75 Å². The second-order valence-corrected chi connectivity index (χ2v) is 10.4. The monoisotopic (exact) mass is 576 g/mol. The molecule has 0 bridgehead atoms. The second-order valence-electron chi connectivity index (χ2n) is 9.60. The van der Waals surface area contributed by atoms with Crippen LogP contribution in [0.25, 0.3) is 0 Å². The van der Waals surface area contributed by atoms with E-state index in [0.717, 1.165) is 29.7 Å². The Kier molecular flexibility index (Phi) is 7.89. The summed E-state index contributed by atoms with van der Waals surface area (Å²) in [5.41, 5.74) is -3.72. The Morgan fingerprint density at radius 2 is 1.66 bits per heavy atom. The molecule has 0 radical (unpaired) electrons. The van der Waals surface area contributed by atoms with E-state index in [1.807, 2.05) is 0 Å². The molecule has 2 aliphatic rings. The number of ether oxygens (including phenoxy) is 2. The van der Waals surface area contributed by atoms with Gasteiger partial charge >= 0.3 is 6.18 Å². The lowest BCUT2D eigenvalue weighted by atomic mass is 9.62. The Labute approximate surface area is 227 Å². The van der Waals surface area contributed by atoms with Crippen molar-refractivity contribution < 1.29 is 36.6 Å². The van der Waals surface area contributed by atoms with Gasteiger partial charge in [-0.05, 0) is 48.1 Å². The van der Waals surface area contributed by atoms with E-state index in [9.17, 15) is 27.2 Å². The number of piperidine rings is 2. The van der Waals surface area contributed by atoms with E-state index in [2.05, 4.69) is 5.32 Å². The van der Waals surface area contributed by atoms with Crippen LogP contribution in [-0.4, -0.2) is 56.7 Å². The molecule has 38 heavy (non-hydrogen) atoms. The molecule has 6 nitrogen and oxygen atoms in total. The highest BCUT2D eigenvalue weighted by molar-refractivity contribution is 6.37. The van der Waals surface area contributed by atoms with Gasteiger partial charge in [0.1, 0.15) is 5.82 Å². The van der Waals surface area contributed by atoms with Gasteiger partial charge in [0.25, 0.3) is 11.5 Å². The van der Waals surface area contributed by atoms with E-state index in [4.69, 9.17) is 32.7 Å². The lowest BCUT2D eigenvalue weighted by Crippen LogP contribution is -2.60. The molecule has 0 aliphatic carbocycles. The highest BCUT2D eigenvalue weighted by Crippen LogP contribution is 2.51. The fourth-order valence-electron chi connectivity index (χ4n) is 5.69. The third-order valence-electron chi connectivity index (χ3n) is 7.69. The average molecular weight is 577 g/mol. The first-order valence-corrected chi connectivity index (χ1v) is 12.6. The minimum absolute atomic E-state index is 0.0287. The molecule has 2 heterocycles. The fraction of sp³-hybridized carbons (Fsp3) is 0.462. The second kappa shape index (κ2) is 10.5. The van der Waals surface area contributed by atoms with Gasteiger partial charge in [-0.1, -0.05) is 35.3 Å². The number of carbonyl (C=O) groups is 2. The van der Waals surface area contributed by atoms with E-state index in [1.165, 1.54) is 19.2 Å². The Morgan fingerprint density at radius 3 is 2.16 bits per heavy atom. The molecular formula is C26H26Cl2F4N2O4. The number of amides is 2. The molecule has 4 rings (SSSR count). The summed E-state index contributed by atoms with van der Waals surface area (Å²) in [6.07, 6.45) is -4.46. The molecule has 0 aromatic heterocycles. The number of hydrogen-bond acceptors (Lipinski definition) is 4. The van der Waals surface area contributed by atoms with Crippen LogP contribution in [-0.2, 0) is 19.9 Å². The Bertz CT molecular complexity index is 1190. The minimum Gasteiger partial charge on any atom is -0.494 e. The SMILES string of the molecule is COc1c(Cl)cc([C@@](OC)(C(=O)N2CCC3(CC2)CC(=O)NC[C@H]3c2ccc(F)cc2)C(F)(F)F)cc1Cl. The maximum atomic E-state index is 14.7. The third-order valence-corrected chi connectivity index (χ3v) is 8.25. The smallest absolute Gasteiger partial charge is 0.430 e. The zero-order chi connectivity index (χ0) is 27.9. The largest absolute Gasteiger partial charge is 0.494 e. The maximum Gasteiger partial charge on any atom is 0.430 e. The predicted octanol–water partition coefficient (Wildman–Crippen LogP) is 5.46. The molecule has 2 aromatic rings. The van der Waals surface area contributed by atoms with Crippen molar-refractivity contribution in [2.24, 2.45) is 5.41 Å². The van der Waals surface area contributed by atoms with Crippen molar-refractivity contribution in [1.29, 1.82) is 0 Å². The standard InChI is InChI=1S/C26H26Cl2F4N2O4/c1-37-22-19(27)11-16(12-20(22)28)25(38-2,26(30,31)32)23(36)34-9-7-24(8-10-34)13-21(35)33-14-18(24)15-3-5-17(29)6-4-15/h3-6,11-12,18H,7-10,13-14H2,1-2H3,(H,33,35)/t18-,25+/m0/s1. The summed E-state index contributed by atoms with van der Waals surface area (Å²) in [4.78, 5) is 27.1. The molecule has 2 amide bonds. The van der Waals surface area contributed by atoms with Crippen LogP contribution in [0.1, 0.15) is 36.3 Å². The zero-order valence-electron chi connectivity index (χ0n) is 20.6. The Balaban J connectivity index is 1.66. The summed E-state index contributed by atoms with van der Waals surface area (Å²) in [6, 6.07) is 7.88. The van der Waals surface area contributed by atoms with Gasteiger partial charge in [0.05, 0.1) is 17.2 Å². The zero-order valence-corrected chi connectivity index (χ0v) is 22.1. The van der Waals surface area contributed by atoms with Gasteiger partial charge in [-0.2, -0.15) is 13.2 Å². The number of hydrogen-bond donors (Lipinski definition) is 1. The number of methoxy groups -OCH3 is 2. The predicted molar refractivity (Wildman–Crippen MR) is 133 cm³/mol. The van der Waals surface area contributed by atoms with E-state index >= 15 is 0 Å². The highest BCUT2D eigenvalue weighted by atomic mass is 35.5. The van der Waals surface area contributed by atoms with Gasteiger partial charge in [0, 0.05) is 44.6 Å². The summed E-state index contributed by atoms with van der Waals surface area (Å²) in [6.45, 7) is 0.233. The van der Waals surface area contributed by atoms with Crippen molar-refractivity contribution >= 4 is 35.0 Å². The third kappa shape index (κ3) is 4.82. The van der Waals surface area contributed by atoms with E-state index < -0.39 is 34.5 Å². The number of nitrogens with one attached hydrogen (secondary N) is 1. The lowest BCUT2D eigenvalue weighted by Gasteiger charge is -2.50. The van der Waals surface area contributed by atoms with Gasteiger partial charge in [-0.25, -0.2) is 4.39 Å². The molecule has 2 aliphatic heterocycles. The lowest BCUT2D eigenvalue weighted by molar-refractivity contribution is -0.271. The Morgan fingerprint density at radius 1 is 1.08 bits per heavy atom. The molecular weight excluding hydrogens is 551 g/mol. The van der Waals surface area contributed by atoms with Crippen LogP contribution in [0, 0.1) is 11.2 Å². The van der Waals surface area contributed by atoms with Gasteiger partial charge in [-0.3, -0.25) is 9.59 Å². The first-order chi connectivity index (χ1) is 17.9. The molecule has 0 unspecified atom stereocenters. The highest BCUT2D eigenvalue weighted by Gasteiger charge is 2.64. The summed E-state index contributed by atoms with van der Waals surface area (Å²) in [5, 5.41) is 2.41. The number of alkyl halides is 3. The van der Waals surface area contributed by atoms with Gasteiger partial charge in [0.2, 0.25) is 5.91 Å². The Hall–Kier alpha value is -2.56. The first-order valence-electron chi connectivity index (χ1n) is 11.9. The van der Waals surface area contributed by atoms with Crippen LogP contribution in [0.5, 0.6) is 5.75 Å². The summed E-state index contributed by atoms with van der Waals surface area (Å²) in [5.74, 6) is -2.10. The number of rotatable bonds is 5.